The Bertz CT molecular complexity index is 2760. The Balaban J connectivity index is 1.22. The molecule has 2 aromatic heterocycles. The van der Waals surface area contributed by atoms with Gasteiger partial charge in [0.15, 0.2) is 0 Å². The molecule has 0 atom stereocenters. The minimum atomic E-state index is 0.484. The van der Waals surface area contributed by atoms with E-state index in [1.54, 1.807) is 0 Å². The first-order valence-corrected chi connectivity index (χ1v) is 18.6. The van der Waals surface area contributed by atoms with E-state index in [0.29, 0.717) is 11.8 Å². The minimum Gasteiger partial charge on any atom is -0.311 e. The molecule has 0 radical (unpaired) electrons. The molecule has 0 amide bonds. The van der Waals surface area contributed by atoms with Gasteiger partial charge >= 0.3 is 0 Å². The maximum Gasteiger partial charge on any atom is 0.0620 e. The van der Waals surface area contributed by atoms with Gasteiger partial charge in [0.1, 0.15) is 0 Å². The summed E-state index contributed by atoms with van der Waals surface area (Å²) in [6.07, 6.45) is 0. The fourth-order valence-electron chi connectivity index (χ4n) is 8.36. The van der Waals surface area contributed by atoms with Crippen LogP contribution in [0.25, 0.3) is 70.8 Å². The van der Waals surface area contributed by atoms with E-state index in [2.05, 4.69) is 195 Å². The first kappa shape index (κ1) is 30.7. The van der Waals surface area contributed by atoms with Crippen molar-refractivity contribution in [2.45, 2.75) is 39.5 Å². The SMILES string of the molecule is CC(C)c1ccc2cc3c(cc2c1)c1cc(-c2ccc(N(c4ccccc4)c4ccccc4)cc2)cc2c4cc5cc(C(C)C)ccc5cc4n3c12. The minimum absolute atomic E-state index is 0.484. The van der Waals surface area contributed by atoms with Gasteiger partial charge in [-0.1, -0.05) is 113 Å². The molecule has 0 spiro atoms. The van der Waals surface area contributed by atoms with Crippen LogP contribution in [-0.4, -0.2) is 4.40 Å². The highest BCUT2D eigenvalue weighted by Gasteiger charge is 2.21. The molecule has 0 aliphatic rings. The average molecular weight is 669 g/mol. The zero-order valence-electron chi connectivity index (χ0n) is 30.1. The fraction of sp³-hybridized carbons (Fsp3) is 0.120. The Morgan fingerprint density at radius 1 is 0.385 bits per heavy atom. The van der Waals surface area contributed by atoms with E-state index in [4.69, 9.17) is 0 Å². The molecule has 2 heteroatoms. The number of rotatable bonds is 6. The summed E-state index contributed by atoms with van der Waals surface area (Å²) in [5.74, 6) is 0.968. The first-order valence-electron chi connectivity index (χ1n) is 18.6. The fourth-order valence-corrected chi connectivity index (χ4v) is 8.36. The molecule has 0 aliphatic heterocycles. The van der Waals surface area contributed by atoms with E-state index < -0.39 is 0 Å². The van der Waals surface area contributed by atoms with Gasteiger partial charge in [0, 0.05) is 38.6 Å². The molecule has 0 unspecified atom stereocenters. The van der Waals surface area contributed by atoms with Crippen molar-refractivity contribution >= 4 is 76.7 Å². The Morgan fingerprint density at radius 2 is 0.846 bits per heavy atom. The second-order valence-electron chi connectivity index (χ2n) is 15.1. The molecule has 0 aliphatic carbocycles. The van der Waals surface area contributed by atoms with Crippen LogP contribution in [0, 0.1) is 0 Å². The third kappa shape index (κ3) is 4.78. The summed E-state index contributed by atoms with van der Waals surface area (Å²) in [4.78, 5) is 2.32. The van der Waals surface area contributed by atoms with E-state index in [0.717, 1.165) is 17.1 Å². The van der Waals surface area contributed by atoms with Gasteiger partial charge in [-0.2, -0.15) is 0 Å². The molecule has 2 heterocycles. The summed E-state index contributed by atoms with van der Waals surface area (Å²) < 4.78 is 2.53. The Kier molecular flexibility index (Phi) is 6.91. The normalized spacial score (nSPS) is 12.2. The molecule has 0 N–H and O–H groups in total. The number of fused-ring (bicyclic) bond motifs is 8. The van der Waals surface area contributed by atoms with Crippen LogP contribution in [0.2, 0.25) is 0 Å². The highest BCUT2D eigenvalue weighted by atomic mass is 15.1. The molecule has 10 rings (SSSR count). The van der Waals surface area contributed by atoms with Crippen LogP contribution in [0.5, 0.6) is 0 Å². The first-order chi connectivity index (χ1) is 25.4. The number of hydrogen-bond acceptors (Lipinski definition) is 1. The number of hydrogen-bond donors (Lipinski definition) is 0. The summed E-state index contributed by atoms with van der Waals surface area (Å²) in [5, 5.41) is 10.4. The van der Waals surface area contributed by atoms with Crippen molar-refractivity contribution < 1.29 is 0 Å². The standard InChI is InChI=1S/C50H40N2/c1-31(2)34-15-17-36-29-48-44(25-38(36)23-34)46-27-40(28-47-45-26-39-24-35(32(3)4)16-18-37(39)30-49(45)52(48)50(46)47)33-19-21-43(22-20-33)51(41-11-7-5-8-12-41)42-13-9-6-10-14-42/h5-32H,1-4H3. The smallest absolute Gasteiger partial charge is 0.0620 e. The van der Waals surface area contributed by atoms with Crippen LogP contribution < -0.4 is 4.90 Å². The summed E-state index contributed by atoms with van der Waals surface area (Å²) in [6, 6.07) is 58.9. The van der Waals surface area contributed by atoms with E-state index in [9.17, 15) is 0 Å². The zero-order valence-corrected chi connectivity index (χ0v) is 30.1. The van der Waals surface area contributed by atoms with Gasteiger partial charge in [-0.05, 0) is 128 Å². The van der Waals surface area contributed by atoms with Crippen molar-refractivity contribution in [1.29, 1.82) is 0 Å². The van der Waals surface area contributed by atoms with Crippen LogP contribution in [0.15, 0.2) is 158 Å². The lowest BCUT2D eigenvalue weighted by Gasteiger charge is -2.25. The van der Waals surface area contributed by atoms with Crippen molar-refractivity contribution in [3.63, 3.8) is 0 Å². The molecule has 0 fully saturated rings. The topological polar surface area (TPSA) is 7.65 Å². The maximum absolute atomic E-state index is 2.53. The largest absolute Gasteiger partial charge is 0.311 e. The molecule has 250 valence electrons. The van der Waals surface area contributed by atoms with Gasteiger partial charge in [-0.3, -0.25) is 0 Å². The lowest BCUT2D eigenvalue weighted by atomic mass is 9.95. The van der Waals surface area contributed by atoms with E-state index in [1.165, 1.54) is 81.9 Å². The van der Waals surface area contributed by atoms with Gasteiger partial charge in [0.25, 0.3) is 0 Å². The van der Waals surface area contributed by atoms with Gasteiger partial charge in [-0.15, -0.1) is 0 Å². The molecule has 10 aromatic rings. The monoisotopic (exact) mass is 668 g/mol. The summed E-state index contributed by atoms with van der Waals surface area (Å²) >= 11 is 0. The average Bonchev–Trinajstić information content (AvgIpc) is 3.67. The number of para-hydroxylation sites is 2. The predicted molar refractivity (Wildman–Crippen MR) is 224 cm³/mol. The Hall–Kier alpha value is -6.12. The lowest BCUT2D eigenvalue weighted by Crippen LogP contribution is -2.09. The summed E-state index contributed by atoms with van der Waals surface area (Å²) in [5.41, 5.74) is 12.5. The summed E-state index contributed by atoms with van der Waals surface area (Å²) in [7, 11) is 0. The van der Waals surface area contributed by atoms with E-state index in [-0.39, 0.29) is 0 Å². The van der Waals surface area contributed by atoms with Crippen molar-refractivity contribution in [2.24, 2.45) is 0 Å². The third-order valence-electron chi connectivity index (χ3n) is 11.2. The number of aromatic nitrogens is 1. The lowest BCUT2D eigenvalue weighted by molar-refractivity contribution is 0.869. The van der Waals surface area contributed by atoms with E-state index in [1.807, 2.05) is 0 Å². The van der Waals surface area contributed by atoms with Crippen LogP contribution in [-0.2, 0) is 0 Å². The van der Waals surface area contributed by atoms with Crippen molar-refractivity contribution in [3.8, 4) is 11.1 Å². The van der Waals surface area contributed by atoms with Crippen LogP contribution in [0.4, 0.5) is 17.1 Å². The van der Waals surface area contributed by atoms with Crippen LogP contribution >= 0.6 is 0 Å². The highest BCUT2D eigenvalue weighted by Crippen LogP contribution is 2.45. The second kappa shape index (κ2) is 11.7. The molecule has 0 bridgehead atoms. The quantitative estimate of drug-likeness (QED) is 0.171. The molecular formula is C50H40N2. The van der Waals surface area contributed by atoms with Crippen LogP contribution in [0.3, 0.4) is 0 Å². The highest BCUT2D eigenvalue weighted by molar-refractivity contribution is 6.27. The second-order valence-corrected chi connectivity index (χ2v) is 15.1. The maximum atomic E-state index is 2.53. The van der Waals surface area contributed by atoms with E-state index >= 15 is 0 Å². The molecular weight excluding hydrogens is 629 g/mol. The molecule has 0 saturated carbocycles. The molecule has 2 nitrogen and oxygen atoms in total. The van der Waals surface area contributed by atoms with Gasteiger partial charge < -0.3 is 9.30 Å². The number of anilines is 3. The summed E-state index contributed by atoms with van der Waals surface area (Å²) in [6.45, 7) is 9.10. The van der Waals surface area contributed by atoms with Crippen molar-refractivity contribution in [3.05, 3.63) is 169 Å². The molecule has 8 aromatic carbocycles. The van der Waals surface area contributed by atoms with Gasteiger partial charge in [0.2, 0.25) is 0 Å². The van der Waals surface area contributed by atoms with Gasteiger partial charge in [0.05, 0.1) is 16.6 Å². The van der Waals surface area contributed by atoms with Crippen LogP contribution in [0.1, 0.15) is 50.7 Å². The van der Waals surface area contributed by atoms with Crippen molar-refractivity contribution in [1.82, 2.24) is 4.40 Å². The number of nitrogens with zero attached hydrogens (tertiary/aromatic N) is 2. The van der Waals surface area contributed by atoms with Gasteiger partial charge in [-0.25, -0.2) is 0 Å². The van der Waals surface area contributed by atoms with Crippen molar-refractivity contribution in [2.75, 3.05) is 4.90 Å². The molecule has 0 saturated heterocycles. The predicted octanol–water partition coefficient (Wildman–Crippen LogP) is 14.5. The zero-order chi connectivity index (χ0) is 35.1. The Labute approximate surface area is 304 Å². The Morgan fingerprint density at radius 3 is 1.31 bits per heavy atom. The number of benzene rings is 8. The third-order valence-corrected chi connectivity index (χ3v) is 11.2. The molecule has 52 heavy (non-hydrogen) atoms.